The Bertz CT molecular complexity index is 1250. The van der Waals surface area contributed by atoms with E-state index in [1.165, 1.54) is 18.2 Å². The highest BCUT2D eigenvalue weighted by molar-refractivity contribution is 5.89. The lowest BCUT2D eigenvalue weighted by molar-refractivity contribution is -0.385. The number of nitrogens with one attached hydrogen (secondary N) is 1. The van der Waals surface area contributed by atoms with E-state index >= 15 is 0 Å². The maximum atomic E-state index is 12.8. The van der Waals surface area contributed by atoms with Gasteiger partial charge in [0, 0.05) is 17.2 Å². The second kappa shape index (κ2) is 9.34. The Morgan fingerprint density at radius 2 is 1.91 bits per heavy atom. The molecule has 9 nitrogen and oxygen atoms in total. The van der Waals surface area contributed by atoms with E-state index in [-0.39, 0.29) is 16.9 Å². The van der Waals surface area contributed by atoms with Gasteiger partial charge in [0.05, 0.1) is 28.7 Å². The van der Waals surface area contributed by atoms with E-state index in [0.717, 1.165) is 12.3 Å². The number of hydrogen-bond acceptors (Lipinski definition) is 6. The molecule has 1 aromatic heterocycles. The maximum Gasteiger partial charge on any atom is 0.416 e. The number of benzene rings is 2. The first-order chi connectivity index (χ1) is 15.5. The van der Waals surface area contributed by atoms with E-state index in [2.05, 4.69) is 10.5 Å². The van der Waals surface area contributed by atoms with Crippen molar-refractivity contribution in [3.63, 3.8) is 0 Å². The van der Waals surface area contributed by atoms with E-state index in [4.69, 9.17) is 9.52 Å². The first-order valence-electron chi connectivity index (χ1n) is 9.14. The summed E-state index contributed by atoms with van der Waals surface area (Å²) in [6.07, 6.45) is -4.19. The predicted octanol–water partition coefficient (Wildman–Crippen LogP) is 4.26. The van der Waals surface area contributed by atoms with Gasteiger partial charge in [0.15, 0.2) is 0 Å². The van der Waals surface area contributed by atoms with Gasteiger partial charge in [-0.15, -0.1) is 0 Å². The molecule has 2 aromatic carbocycles. The van der Waals surface area contributed by atoms with Gasteiger partial charge in [-0.3, -0.25) is 14.9 Å². The largest absolute Gasteiger partial charge is 0.478 e. The van der Waals surface area contributed by atoms with Crippen LogP contribution in [0.2, 0.25) is 0 Å². The van der Waals surface area contributed by atoms with Crippen molar-refractivity contribution in [1.29, 1.82) is 0 Å². The SMILES string of the molecule is O=C(Cc1ccc(C(F)(F)F)cc1[N+](=O)[O-])N/N=C\c1ccc(-c2cccc(C(=O)O)c2)o1. The molecule has 3 aromatic rings. The van der Waals surface area contributed by atoms with Gasteiger partial charge in [-0.05, 0) is 30.3 Å². The molecular formula is C21H14F3N3O6. The molecule has 0 fully saturated rings. The van der Waals surface area contributed by atoms with Crippen LogP contribution in [0.3, 0.4) is 0 Å². The average Bonchev–Trinajstić information content (AvgIpc) is 3.22. The average molecular weight is 461 g/mol. The number of aromatic carboxylic acids is 1. The zero-order chi connectivity index (χ0) is 24.2. The monoisotopic (exact) mass is 461 g/mol. The van der Waals surface area contributed by atoms with Crippen molar-refractivity contribution in [2.75, 3.05) is 0 Å². The lowest BCUT2D eigenvalue weighted by Crippen LogP contribution is -2.20. The van der Waals surface area contributed by atoms with Crippen LogP contribution in [0.1, 0.15) is 27.2 Å². The van der Waals surface area contributed by atoms with Crippen LogP contribution in [0.25, 0.3) is 11.3 Å². The zero-order valence-corrected chi connectivity index (χ0v) is 16.5. The van der Waals surface area contributed by atoms with Crippen LogP contribution in [0.15, 0.2) is 64.1 Å². The van der Waals surface area contributed by atoms with Crippen LogP contribution >= 0.6 is 0 Å². The summed E-state index contributed by atoms with van der Waals surface area (Å²) in [5.74, 6) is -1.32. The van der Waals surface area contributed by atoms with Gasteiger partial charge < -0.3 is 9.52 Å². The number of alkyl halides is 3. The van der Waals surface area contributed by atoms with Crippen molar-refractivity contribution in [3.05, 3.63) is 87.2 Å². The fraction of sp³-hybridized carbons (Fsp3) is 0.0952. The highest BCUT2D eigenvalue weighted by Crippen LogP contribution is 2.33. The Labute approximate surface area is 183 Å². The number of halogens is 3. The standard InChI is InChI=1S/C21H14F3N3O6/c22-21(23,24)15-5-4-12(17(10-15)27(31)32)9-19(28)26-25-11-16-6-7-18(33-16)13-2-1-3-14(8-13)20(29)30/h1-8,10-11H,9H2,(H,26,28)(H,29,30)/b25-11-. The third-order valence-electron chi connectivity index (χ3n) is 4.36. The number of nitro groups is 1. The minimum atomic E-state index is -4.76. The number of hydrazone groups is 1. The lowest BCUT2D eigenvalue weighted by Gasteiger charge is -2.08. The molecule has 0 bridgehead atoms. The third kappa shape index (κ3) is 5.81. The molecule has 12 heteroatoms. The smallest absolute Gasteiger partial charge is 0.416 e. The number of rotatable bonds is 7. The molecule has 0 saturated carbocycles. The summed E-state index contributed by atoms with van der Waals surface area (Å²) >= 11 is 0. The third-order valence-corrected chi connectivity index (χ3v) is 4.36. The number of carbonyl (C=O) groups excluding carboxylic acids is 1. The summed E-state index contributed by atoms with van der Waals surface area (Å²) in [4.78, 5) is 33.2. The lowest BCUT2D eigenvalue weighted by atomic mass is 10.1. The number of hydrogen-bond donors (Lipinski definition) is 2. The van der Waals surface area contributed by atoms with Gasteiger partial charge in [0.25, 0.3) is 5.69 Å². The Kier molecular flexibility index (Phi) is 6.56. The quantitative estimate of drug-likeness (QED) is 0.307. The number of nitrogens with zero attached hydrogens (tertiary/aromatic N) is 2. The molecule has 0 saturated heterocycles. The van der Waals surface area contributed by atoms with Crippen LogP contribution in [0, 0.1) is 10.1 Å². The van der Waals surface area contributed by atoms with Gasteiger partial charge in [-0.1, -0.05) is 18.2 Å². The van der Waals surface area contributed by atoms with E-state index in [0.29, 0.717) is 23.5 Å². The molecule has 0 aliphatic carbocycles. The number of amides is 1. The Morgan fingerprint density at radius 3 is 2.58 bits per heavy atom. The van der Waals surface area contributed by atoms with Crippen LogP contribution in [-0.2, 0) is 17.4 Å². The summed E-state index contributed by atoms with van der Waals surface area (Å²) in [5, 5.41) is 23.8. The maximum absolute atomic E-state index is 12.8. The van der Waals surface area contributed by atoms with Crippen molar-refractivity contribution in [3.8, 4) is 11.3 Å². The summed E-state index contributed by atoms with van der Waals surface area (Å²) in [6, 6.07) is 11.0. The molecule has 0 spiro atoms. The molecule has 3 rings (SSSR count). The van der Waals surface area contributed by atoms with Crippen LogP contribution < -0.4 is 5.43 Å². The number of carbonyl (C=O) groups is 2. The number of furan rings is 1. The number of nitro benzene ring substituents is 1. The van der Waals surface area contributed by atoms with Gasteiger partial charge in [0.1, 0.15) is 11.5 Å². The minimum Gasteiger partial charge on any atom is -0.478 e. The normalized spacial score (nSPS) is 11.5. The molecule has 0 atom stereocenters. The Balaban J connectivity index is 1.66. The van der Waals surface area contributed by atoms with Crippen molar-refractivity contribution < 1.29 is 37.2 Å². The van der Waals surface area contributed by atoms with E-state index < -0.39 is 40.6 Å². The number of carboxylic acid groups (broad SMARTS) is 1. The molecule has 33 heavy (non-hydrogen) atoms. The Morgan fingerprint density at radius 1 is 1.15 bits per heavy atom. The Hall–Kier alpha value is -4.48. The molecule has 2 N–H and O–H groups in total. The van der Waals surface area contributed by atoms with Gasteiger partial charge in [-0.2, -0.15) is 18.3 Å². The second-order valence-electron chi connectivity index (χ2n) is 6.66. The molecule has 0 aliphatic heterocycles. The van der Waals surface area contributed by atoms with Crippen molar-refractivity contribution in [1.82, 2.24) is 5.43 Å². The van der Waals surface area contributed by atoms with E-state index in [9.17, 15) is 32.9 Å². The van der Waals surface area contributed by atoms with Crippen molar-refractivity contribution >= 4 is 23.8 Å². The topological polar surface area (TPSA) is 135 Å². The fourth-order valence-corrected chi connectivity index (χ4v) is 2.82. The van der Waals surface area contributed by atoms with Crippen molar-refractivity contribution in [2.24, 2.45) is 5.10 Å². The molecule has 0 unspecified atom stereocenters. The summed E-state index contributed by atoms with van der Waals surface area (Å²) in [6.45, 7) is 0. The predicted molar refractivity (Wildman–Crippen MR) is 109 cm³/mol. The molecule has 1 amide bonds. The first kappa shape index (κ1) is 23.2. The first-order valence-corrected chi connectivity index (χ1v) is 9.14. The van der Waals surface area contributed by atoms with Gasteiger partial charge in [-0.25, -0.2) is 10.2 Å². The van der Waals surface area contributed by atoms with Gasteiger partial charge >= 0.3 is 12.1 Å². The second-order valence-corrected chi connectivity index (χ2v) is 6.66. The minimum absolute atomic E-state index is 0.0729. The van der Waals surface area contributed by atoms with Crippen LogP contribution in [0.4, 0.5) is 18.9 Å². The molecule has 1 heterocycles. The van der Waals surface area contributed by atoms with E-state index in [1.54, 1.807) is 18.2 Å². The summed E-state index contributed by atoms with van der Waals surface area (Å²) < 4.78 is 43.8. The summed E-state index contributed by atoms with van der Waals surface area (Å²) in [5.41, 5.74) is 0.457. The molecule has 0 radical (unpaired) electrons. The summed E-state index contributed by atoms with van der Waals surface area (Å²) in [7, 11) is 0. The number of carboxylic acids is 1. The van der Waals surface area contributed by atoms with Crippen LogP contribution in [0.5, 0.6) is 0 Å². The molecule has 170 valence electrons. The highest BCUT2D eigenvalue weighted by Gasteiger charge is 2.33. The van der Waals surface area contributed by atoms with Crippen molar-refractivity contribution in [2.45, 2.75) is 12.6 Å². The highest BCUT2D eigenvalue weighted by atomic mass is 19.4. The zero-order valence-electron chi connectivity index (χ0n) is 16.5. The van der Waals surface area contributed by atoms with E-state index in [1.807, 2.05) is 0 Å². The molecule has 0 aliphatic rings. The van der Waals surface area contributed by atoms with Crippen LogP contribution in [-0.4, -0.2) is 28.1 Å². The molecular weight excluding hydrogens is 447 g/mol. The van der Waals surface area contributed by atoms with Gasteiger partial charge in [0.2, 0.25) is 5.91 Å². The fourth-order valence-electron chi connectivity index (χ4n) is 2.82.